The number of hydrogen-bond donors (Lipinski definition) is 1. The lowest BCUT2D eigenvalue weighted by Gasteiger charge is -2.22. The normalized spacial score (nSPS) is 15.1. The molecule has 0 aliphatic carbocycles. The number of fused-ring (bicyclic) bond motifs is 1. The number of ether oxygens (including phenoxy) is 1. The van der Waals surface area contributed by atoms with Crippen molar-refractivity contribution < 1.29 is 9.53 Å². The molecular weight excluding hydrogens is 338 g/mol. The lowest BCUT2D eigenvalue weighted by atomic mass is 10.1. The molecule has 1 N–H and O–H groups in total. The maximum absolute atomic E-state index is 12.0. The molecule has 132 valence electrons. The molecule has 1 aromatic heterocycles. The number of aromatic nitrogens is 3. The van der Waals surface area contributed by atoms with Crippen molar-refractivity contribution in [1.82, 2.24) is 20.2 Å². The van der Waals surface area contributed by atoms with Gasteiger partial charge in [-0.3, -0.25) is 0 Å². The molecule has 0 saturated heterocycles. The number of carbonyl (C=O) groups excluding carboxylic acids is 1. The minimum Gasteiger partial charge on any atom is -0.444 e. The van der Waals surface area contributed by atoms with E-state index in [0.29, 0.717) is 11.0 Å². The van der Waals surface area contributed by atoms with Crippen LogP contribution in [0.4, 0.5) is 4.79 Å². The smallest absolute Gasteiger partial charge is 0.408 e. The molecule has 0 spiro atoms. The zero-order valence-corrected chi connectivity index (χ0v) is 15.5. The molecule has 2 aromatic rings. The van der Waals surface area contributed by atoms with Crippen molar-refractivity contribution in [3.63, 3.8) is 0 Å². The Balaban J connectivity index is 1.81. The van der Waals surface area contributed by atoms with E-state index in [9.17, 15) is 4.79 Å². The number of thioether (sulfide) groups is 1. The summed E-state index contributed by atoms with van der Waals surface area (Å²) in [6.45, 7) is 7.30. The van der Waals surface area contributed by atoms with Crippen LogP contribution in [-0.4, -0.2) is 38.0 Å². The van der Waals surface area contributed by atoms with Gasteiger partial charge in [-0.1, -0.05) is 42.1 Å². The molecule has 1 aliphatic rings. The summed E-state index contributed by atoms with van der Waals surface area (Å²) in [6, 6.07) is 9.61. The average molecular weight is 359 g/mol. The topological polar surface area (TPSA) is 81.4 Å². The first-order valence-corrected chi connectivity index (χ1v) is 9.03. The Bertz CT molecular complexity index is 795. The Morgan fingerprint density at radius 2 is 2.00 bits per heavy atom. The lowest BCUT2D eigenvalue weighted by Crippen LogP contribution is -2.35. The first kappa shape index (κ1) is 17.5. The van der Waals surface area contributed by atoms with Gasteiger partial charge in [-0.25, -0.2) is 4.79 Å². The van der Waals surface area contributed by atoms with Gasteiger partial charge in [-0.15, -0.1) is 10.2 Å². The maximum atomic E-state index is 12.0. The van der Waals surface area contributed by atoms with Crippen molar-refractivity contribution in [2.24, 2.45) is 5.10 Å². The SMILES string of the molecule is CC(NC(=O)OC(C)(C)C)c1nnc2n1N=C(c1ccccc1)CS2. The van der Waals surface area contributed by atoms with Crippen LogP contribution in [-0.2, 0) is 4.74 Å². The summed E-state index contributed by atoms with van der Waals surface area (Å²) < 4.78 is 6.99. The molecule has 1 unspecified atom stereocenters. The zero-order chi connectivity index (χ0) is 18.0. The number of hydrogen-bond acceptors (Lipinski definition) is 6. The van der Waals surface area contributed by atoms with Crippen LogP contribution in [0.5, 0.6) is 0 Å². The number of nitrogens with zero attached hydrogens (tertiary/aromatic N) is 4. The fourth-order valence-corrected chi connectivity index (χ4v) is 3.18. The van der Waals surface area contributed by atoms with E-state index in [4.69, 9.17) is 4.74 Å². The van der Waals surface area contributed by atoms with Gasteiger partial charge in [0.1, 0.15) is 5.60 Å². The van der Waals surface area contributed by atoms with Gasteiger partial charge in [0.2, 0.25) is 5.16 Å². The van der Waals surface area contributed by atoms with Crippen LogP contribution < -0.4 is 5.32 Å². The molecule has 1 aromatic carbocycles. The van der Waals surface area contributed by atoms with Gasteiger partial charge in [-0.05, 0) is 33.3 Å². The van der Waals surface area contributed by atoms with Crippen LogP contribution in [0.1, 0.15) is 45.1 Å². The highest BCUT2D eigenvalue weighted by Gasteiger charge is 2.25. The highest BCUT2D eigenvalue weighted by atomic mass is 32.2. The number of carbonyl (C=O) groups is 1. The van der Waals surface area contributed by atoms with Crippen molar-refractivity contribution >= 4 is 23.6 Å². The summed E-state index contributed by atoms with van der Waals surface area (Å²) in [4.78, 5) is 12.0. The van der Waals surface area contributed by atoms with E-state index in [1.807, 2.05) is 58.0 Å². The van der Waals surface area contributed by atoms with Gasteiger partial charge in [-0.2, -0.15) is 9.78 Å². The van der Waals surface area contributed by atoms with Gasteiger partial charge < -0.3 is 10.1 Å². The second-order valence-electron chi connectivity index (χ2n) is 6.72. The lowest BCUT2D eigenvalue weighted by molar-refractivity contribution is 0.0505. The second-order valence-corrected chi connectivity index (χ2v) is 7.66. The summed E-state index contributed by atoms with van der Waals surface area (Å²) in [5.41, 5.74) is 1.46. The average Bonchev–Trinajstić information content (AvgIpc) is 2.97. The van der Waals surface area contributed by atoms with E-state index in [1.165, 1.54) is 0 Å². The highest BCUT2D eigenvalue weighted by Crippen LogP contribution is 2.26. The van der Waals surface area contributed by atoms with Crippen molar-refractivity contribution in [2.45, 2.75) is 44.5 Å². The van der Waals surface area contributed by atoms with E-state index in [0.717, 1.165) is 17.0 Å². The van der Waals surface area contributed by atoms with Gasteiger partial charge >= 0.3 is 6.09 Å². The minimum absolute atomic E-state index is 0.379. The Labute approximate surface area is 150 Å². The van der Waals surface area contributed by atoms with Gasteiger partial charge in [0.15, 0.2) is 5.82 Å². The molecule has 0 saturated carbocycles. The predicted octanol–water partition coefficient (Wildman–Crippen LogP) is 3.22. The van der Waals surface area contributed by atoms with E-state index >= 15 is 0 Å². The second kappa shape index (κ2) is 6.87. The monoisotopic (exact) mass is 359 g/mol. The molecule has 2 heterocycles. The molecule has 3 rings (SSSR count). The molecule has 1 atom stereocenters. The van der Waals surface area contributed by atoms with E-state index < -0.39 is 11.7 Å². The molecule has 7 nitrogen and oxygen atoms in total. The van der Waals surface area contributed by atoms with Crippen molar-refractivity contribution in [2.75, 3.05) is 5.75 Å². The predicted molar refractivity (Wildman–Crippen MR) is 96.9 cm³/mol. The Kier molecular flexibility index (Phi) is 4.80. The number of nitrogens with one attached hydrogen (secondary N) is 1. The zero-order valence-electron chi connectivity index (χ0n) is 14.7. The van der Waals surface area contributed by atoms with E-state index in [2.05, 4.69) is 20.6 Å². The first-order chi connectivity index (χ1) is 11.8. The quantitative estimate of drug-likeness (QED) is 0.910. The van der Waals surface area contributed by atoms with E-state index in [1.54, 1.807) is 16.4 Å². The molecule has 1 amide bonds. The molecule has 0 bridgehead atoms. The van der Waals surface area contributed by atoms with Crippen LogP contribution in [0.25, 0.3) is 0 Å². The van der Waals surface area contributed by atoms with Crippen molar-refractivity contribution in [3.05, 3.63) is 41.7 Å². The van der Waals surface area contributed by atoms with Crippen LogP contribution in [0.3, 0.4) is 0 Å². The summed E-state index contributed by atoms with van der Waals surface area (Å²) in [5.74, 6) is 1.30. The minimum atomic E-state index is -0.553. The number of amides is 1. The third kappa shape index (κ3) is 4.19. The van der Waals surface area contributed by atoms with Crippen LogP contribution in [0, 0.1) is 0 Å². The summed E-state index contributed by atoms with van der Waals surface area (Å²) in [5, 5.41) is 16.5. The van der Waals surface area contributed by atoms with Crippen molar-refractivity contribution in [3.8, 4) is 0 Å². The molecular formula is C17H21N5O2S. The highest BCUT2D eigenvalue weighted by molar-refractivity contribution is 7.99. The Morgan fingerprint density at radius 3 is 2.68 bits per heavy atom. The van der Waals surface area contributed by atoms with Gasteiger partial charge in [0.25, 0.3) is 0 Å². The molecule has 25 heavy (non-hydrogen) atoms. The van der Waals surface area contributed by atoms with Crippen molar-refractivity contribution in [1.29, 1.82) is 0 Å². The summed E-state index contributed by atoms with van der Waals surface area (Å²) in [7, 11) is 0. The maximum Gasteiger partial charge on any atom is 0.408 e. The van der Waals surface area contributed by atoms with E-state index in [-0.39, 0.29) is 6.04 Å². The fraction of sp³-hybridized carbons (Fsp3) is 0.412. The van der Waals surface area contributed by atoms with Gasteiger partial charge in [0, 0.05) is 5.75 Å². The summed E-state index contributed by atoms with van der Waals surface area (Å²) >= 11 is 1.57. The third-order valence-corrected chi connectivity index (χ3v) is 4.35. The third-order valence-electron chi connectivity index (χ3n) is 3.42. The largest absolute Gasteiger partial charge is 0.444 e. The molecule has 0 radical (unpaired) electrons. The Morgan fingerprint density at radius 1 is 1.28 bits per heavy atom. The number of benzene rings is 1. The number of alkyl carbamates (subject to hydrolysis) is 1. The molecule has 8 heteroatoms. The molecule has 1 aliphatic heterocycles. The number of rotatable bonds is 3. The van der Waals surface area contributed by atoms with Crippen LogP contribution >= 0.6 is 11.8 Å². The van der Waals surface area contributed by atoms with Crippen LogP contribution in [0.2, 0.25) is 0 Å². The standard InChI is InChI=1S/C17H21N5O2S/c1-11(18-16(23)24-17(2,3)4)14-19-20-15-22(14)21-13(10-25-15)12-8-6-5-7-9-12/h5-9,11H,10H2,1-4H3,(H,18,23). The van der Waals surface area contributed by atoms with Gasteiger partial charge in [0.05, 0.1) is 11.8 Å². The Hall–Kier alpha value is -2.35. The first-order valence-electron chi connectivity index (χ1n) is 8.04. The summed E-state index contributed by atoms with van der Waals surface area (Å²) in [6.07, 6.45) is -0.493. The molecule has 0 fully saturated rings. The van der Waals surface area contributed by atoms with Crippen LogP contribution in [0.15, 0.2) is 40.6 Å². The fourth-order valence-electron chi connectivity index (χ4n) is 2.33.